The van der Waals surface area contributed by atoms with Gasteiger partial charge in [0.15, 0.2) is 5.65 Å². The second-order valence-corrected chi connectivity index (χ2v) is 5.90. The van der Waals surface area contributed by atoms with E-state index in [9.17, 15) is 4.79 Å². The first-order chi connectivity index (χ1) is 11.6. The number of benzene rings is 1. The number of hydrogen-bond donors (Lipinski definition) is 2. The Morgan fingerprint density at radius 3 is 2.83 bits per heavy atom. The van der Waals surface area contributed by atoms with Gasteiger partial charge in [-0.25, -0.2) is 9.97 Å². The Morgan fingerprint density at radius 1 is 1.29 bits per heavy atom. The van der Waals surface area contributed by atoms with Crippen LogP contribution in [0.4, 0.5) is 5.69 Å². The van der Waals surface area contributed by atoms with Crippen molar-refractivity contribution >= 4 is 22.8 Å². The third-order valence-electron chi connectivity index (χ3n) is 3.88. The third kappa shape index (κ3) is 3.14. The van der Waals surface area contributed by atoms with Crippen LogP contribution in [0.1, 0.15) is 35.8 Å². The summed E-state index contributed by atoms with van der Waals surface area (Å²) in [6.07, 6.45) is 3.79. The third-order valence-corrected chi connectivity index (χ3v) is 3.88. The molecule has 2 heterocycles. The lowest BCUT2D eigenvalue weighted by atomic mass is 10.1. The number of aliphatic hydroxyl groups is 1. The number of rotatable bonds is 5. The van der Waals surface area contributed by atoms with Crippen LogP contribution >= 0.6 is 0 Å². The molecule has 0 saturated carbocycles. The van der Waals surface area contributed by atoms with Crippen LogP contribution in [-0.2, 0) is 6.42 Å². The van der Waals surface area contributed by atoms with Crippen LogP contribution in [0.5, 0.6) is 0 Å². The average molecular weight is 324 g/mol. The summed E-state index contributed by atoms with van der Waals surface area (Å²) >= 11 is 0. The zero-order valence-corrected chi connectivity index (χ0v) is 13.7. The van der Waals surface area contributed by atoms with E-state index in [2.05, 4.69) is 29.1 Å². The lowest BCUT2D eigenvalue weighted by Crippen LogP contribution is -2.14. The van der Waals surface area contributed by atoms with E-state index < -0.39 is 0 Å². The molecule has 0 aliphatic carbocycles. The second kappa shape index (κ2) is 6.80. The van der Waals surface area contributed by atoms with Gasteiger partial charge in [0.1, 0.15) is 5.52 Å². The van der Waals surface area contributed by atoms with Crippen LogP contribution in [0.3, 0.4) is 0 Å². The van der Waals surface area contributed by atoms with Crippen molar-refractivity contribution in [3.05, 3.63) is 54.0 Å². The van der Waals surface area contributed by atoms with Crippen LogP contribution in [0.15, 0.2) is 42.9 Å². The summed E-state index contributed by atoms with van der Waals surface area (Å²) in [5.74, 6) is -0.242. The number of pyridine rings is 1. The number of imidazole rings is 1. The number of para-hydroxylation sites is 1. The molecule has 0 fully saturated rings. The highest BCUT2D eigenvalue weighted by atomic mass is 16.3. The van der Waals surface area contributed by atoms with E-state index in [0.29, 0.717) is 23.2 Å². The zero-order valence-electron chi connectivity index (χ0n) is 13.7. The Morgan fingerprint density at radius 2 is 2.08 bits per heavy atom. The number of carbonyl (C=O) groups is 1. The van der Waals surface area contributed by atoms with Gasteiger partial charge in [0, 0.05) is 24.5 Å². The van der Waals surface area contributed by atoms with E-state index >= 15 is 0 Å². The van der Waals surface area contributed by atoms with Crippen molar-refractivity contribution in [3.8, 4) is 0 Å². The molecule has 24 heavy (non-hydrogen) atoms. The number of nitrogens with one attached hydrogen (secondary N) is 1. The van der Waals surface area contributed by atoms with Crippen LogP contribution in [-0.4, -0.2) is 32.2 Å². The maximum Gasteiger partial charge on any atom is 0.257 e. The molecule has 124 valence electrons. The molecule has 2 N–H and O–H groups in total. The molecule has 0 atom stereocenters. The molecule has 3 rings (SSSR count). The summed E-state index contributed by atoms with van der Waals surface area (Å²) in [4.78, 5) is 21.2. The van der Waals surface area contributed by atoms with Gasteiger partial charge in [-0.3, -0.25) is 4.79 Å². The first kappa shape index (κ1) is 16.1. The van der Waals surface area contributed by atoms with Crippen LogP contribution in [0, 0.1) is 0 Å². The van der Waals surface area contributed by atoms with Gasteiger partial charge in [-0.1, -0.05) is 18.2 Å². The van der Waals surface area contributed by atoms with E-state index in [1.54, 1.807) is 18.6 Å². The normalized spacial score (nSPS) is 11.2. The topological polar surface area (TPSA) is 80.0 Å². The van der Waals surface area contributed by atoms with Gasteiger partial charge in [0.2, 0.25) is 0 Å². The highest BCUT2D eigenvalue weighted by Crippen LogP contribution is 2.19. The number of aliphatic hydroxyl groups excluding tert-OH is 1. The minimum Gasteiger partial charge on any atom is -0.396 e. The van der Waals surface area contributed by atoms with Crippen molar-refractivity contribution in [2.75, 3.05) is 11.9 Å². The fourth-order valence-corrected chi connectivity index (χ4v) is 2.60. The molecule has 1 amide bonds. The minimum atomic E-state index is -0.242. The fourth-order valence-electron chi connectivity index (χ4n) is 2.60. The quantitative estimate of drug-likeness (QED) is 0.756. The lowest BCUT2D eigenvalue weighted by Gasteiger charge is -2.10. The number of anilines is 1. The highest BCUT2D eigenvalue weighted by molar-refractivity contribution is 6.05. The molecule has 0 bridgehead atoms. The van der Waals surface area contributed by atoms with Gasteiger partial charge in [0.25, 0.3) is 5.91 Å². The zero-order chi connectivity index (χ0) is 17.1. The molecule has 0 saturated heterocycles. The standard InChI is InChI=1S/C18H20N4O2/c1-12(2)22-11-20-16-9-14(10-19-17(16)22)18(24)21-15-6-4-3-5-13(15)7-8-23/h3-6,9-12,23H,7-8H2,1-2H3,(H,21,24). The van der Waals surface area contributed by atoms with Crippen molar-refractivity contribution in [2.45, 2.75) is 26.3 Å². The molecule has 6 heteroatoms. The Kier molecular flexibility index (Phi) is 4.57. The molecule has 0 aliphatic heterocycles. The number of aromatic nitrogens is 3. The number of fused-ring (bicyclic) bond motifs is 1. The Labute approximate surface area is 140 Å². The van der Waals surface area contributed by atoms with Crippen LogP contribution in [0.25, 0.3) is 11.2 Å². The van der Waals surface area contributed by atoms with Crippen LogP contribution < -0.4 is 5.32 Å². The van der Waals surface area contributed by atoms with Crippen molar-refractivity contribution in [3.63, 3.8) is 0 Å². The number of hydrogen-bond acceptors (Lipinski definition) is 4. The molecule has 0 radical (unpaired) electrons. The maximum atomic E-state index is 12.5. The van der Waals surface area contributed by atoms with E-state index in [0.717, 1.165) is 11.2 Å². The minimum absolute atomic E-state index is 0.0348. The summed E-state index contributed by atoms with van der Waals surface area (Å²) in [5, 5.41) is 12.0. The predicted octanol–water partition coefficient (Wildman–Crippen LogP) is 2.80. The number of amides is 1. The largest absolute Gasteiger partial charge is 0.396 e. The van der Waals surface area contributed by atoms with E-state index in [1.807, 2.05) is 28.8 Å². The number of carbonyl (C=O) groups excluding carboxylic acids is 1. The summed E-state index contributed by atoms with van der Waals surface area (Å²) in [6.45, 7) is 4.15. The Hall–Kier alpha value is -2.73. The van der Waals surface area contributed by atoms with E-state index in [-0.39, 0.29) is 18.6 Å². The van der Waals surface area contributed by atoms with Gasteiger partial charge in [0.05, 0.1) is 11.9 Å². The molecule has 2 aromatic heterocycles. The molecular weight excluding hydrogens is 304 g/mol. The van der Waals surface area contributed by atoms with Gasteiger partial charge >= 0.3 is 0 Å². The van der Waals surface area contributed by atoms with E-state index in [4.69, 9.17) is 5.11 Å². The molecule has 0 unspecified atom stereocenters. The van der Waals surface area contributed by atoms with Crippen molar-refractivity contribution in [2.24, 2.45) is 0 Å². The smallest absolute Gasteiger partial charge is 0.257 e. The summed E-state index contributed by atoms with van der Waals surface area (Å²) in [6, 6.07) is 9.44. The van der Waals surface area contributed by atoms with Gasteiger partial charge in [-0.15, -0.1) is 0 Å². The molecule has 1 aromatic carbocycles. The second-order valence-electron chi connectivity index (χ2n) is 5.90. The average Bonchev–Trinajstić information content (AvgIpc) is 3.00. The van der Waals surface area contributed by atoms with Crippen molar-refractivity contribution < 1.29 is 9.90 Å². The molecule has 6 nitrogen and oxygen atoms in total. The van der Waals surface area contributed by atoms with Gasteiger partial charge in [-0.2, -0.15) is 0 Å². The van der Waals surface area contributed by atoms with Crippen LogP contribution in [0.2, 0.25) is 0 Å². The van der Waals surface area contributed by atoms with Crippen molar-refractivity contribution in [1.29, 1.82) is 0 Å². The Bertz CT molecular complexity index is 870. The first-order valence-corrected chi connectivity index (χ1v) is 7.93. The molecule has 0 spiro atoms. The highest BCUT2D eigenvalue weighted by Gasteiger charge is 2.13. The van der Waals surface area contributed by atoms with Gasteiger partial charge < -0.3 is 15.0 Å². The monoisotopic (exact) mass is 324 g/mol. The predicted molar refractivity (Wildman–Crippen MR) is 93.1 cm³/mol. The van der Waals surface area contributed by atoms with Gasteiger partial charge in [-0.05, 0) is 38.0 Å². The lowest BCUT2D eigenvalue weighted by molar-refractivity contribution is 0.102. The summed E-state index contributed by atoms with van der Waals surface area (Å²) in [7, 11) is 0. The first-order valence-electron chi connectivity index (χ1n) is 7.93. The Balaban J connectivity index is 1.87. The molecular formula is C18H20N4O2. The SMILES string of the molecule is CC(C)n1cnc2cc(C(=O)Nc3ccccc3CCO)cnc21. The molecule has 0 aliphatic rings. The number of nitrogens with zero attached hydrogens (tertiary/aromatic N) is 3. The van der Waals surface area contributed by atoms with Crippen molar-refractivity contribution in [1.82, 2.24) is 14.5 Å². The fraction of sp³-hybridized carbons (Fsp3) is 0.278. The maximum absolute atomic E-state index is 12.5. The van der Waals surface area contributed by atoms with E-state index in [1.165, 1.54) is 0 Å². The summed E-state index contributed by atoms with van der Waals surface area (Å²) < 4.78 is 1.97. The summed E-state index contributed by atoms with van der Waals surface area (Å²) in [5.41, 5.74) is 3.51. The molecule has 3 aromatic rings.